The fourth-order valence-electron chi connectivity index (χ4n) is 2.81. The fraction of sp³-hybridized carbons (Fsp3) is 0.550. The first-order valence-corrected chi connectivity index (χ1v) is 9.52. The lowest BCUT2D eigenvalue weighted by Gasteiger charge is -2.28. The summed E-state index contributed by atoms with van der Waals surface area (Å²) >= 11 is 1.55. The number of thioether (sulfide) groups is 1. The lowest BCUT2D eigenvalue weighted by molar-refractivity contribution is -0.136. The van der Waals surface area contributed by atoms with Crippen LogP contribution in [-0.2, 0) is 15.6 Å². The topological polar surface area (TPSA) is 43.8 Å². The highest BCUT2D eigenvalue weighted by Crippen LogP contribution is 2.41. The first-order chi connectivity index (χ1) is 11.3. The second-order valence-corrected chi connectivity index (χ2v) is 9.79. The van der Waals surface area contributed by atoms with Crippen LogP contribution in [0, 0.1) is 0 Å². The molecule has 138 valence electrons. The van der Waals surface area contributed by atoms with E-state index in [2.05, 4.69) is 41.5 Å². The molecule has 1 fully saturated rings. The number of benzene rings is 1. The zero-order chi connectivity index (χ0) is 19.2. The molecule has 2 rings (SSSR count). The van der Waals surface area contributed by atoms with E-state index in [0.717, 1.165) is 21.6 Å². The maximum absolute atomic E-state index is 12.5. The minimum atomic E-state index is -0.179. The van der Waals surface area contributed by atoms with Crippen LogP contribution in [0.15, 0.2) is 17.0 Å². The Balaban J connectivity index is 2.56. The maximum atomic E-state index is 12.5. The Labute approximate surface area is 155 Å². The van der Waals surface area contributed by atoms with E-state index in [1.165, 1.54) is 0 Å². The predicted octanol–water partition coefficient (Wildman–Crippen LogP) is 4.34. The summed E-state index contributed by atoms with van der Waals surface area (Å²) in [6, 6.07) is 4.01. The van der Waals surface area contributed by atoms with Crippen molar-refractivity contribution in [2.75, 3.05) is 20.0 Å². The van der Waals surface area contributed by atoms with Crippen molar-refractivity contribution in [3.05, 3.63) is 33.7 Å². The van der Waals surface area contributed by atoms with Gasteiger partial charge in [0.25, 0.3) is 5.91 Å². The van der Waals surface area contributed by atoms with E-state index in [-0.39, 0.29) is 16.7 Å². The Hall–Kier alpha value is -1.46. The summed E-state index contributed by atoms with van der Waals surface area (Å²) in [5.74, 6) is 1.02. The third-order valence-corrected chi connectivity index (χ3v) is 5.29. The van der Waals surface area contributed by atoms with Crippen LogP contribution in [0.1, 0.15) is 58.2 Å². The fourth-order valence-corrected chi connectivity index (χ4v) is 3.87. The summed E-state index contributed by atoms with van der Waals surface area (Å²) in [6.45, 7) is 12.6. The molecule has 1 N–H and O–H groups in total. The van der Waals surface area contributed by atoms with Crippen molar-refractivity contribution in [3.63, 3.8) is 0 Å². The van der Waals surface area contributed by atoms with Gasteiger partial charge in [-0.05, 0) is 34.6 Å². The smallest absolute Gasteiger partial charge is 0.275 e. The molecule has 0 radical (unpaired) electrons. The number of carbonyl (C=O) groups excluding carboxylic acids is 1. The summed E-state index contributed by atoms with van der Waals surface area (Å²) < 4.78 is 0. The van der Waals surface area contributed by atoms with E-state index >= 15 is 0 Å². The van der Waals surface area contributed by atoms with Crippen molar-refractivity contribution in [2.24, 2.45) is 0 Å². The number of carbonyl (C=O) groups is 1. The molecule has 1 saturated heterocycles. The van der Waals surface area contributed by atoms with Gasteiger partial charge in [-0.15, -0.1) is 0 Å². The zero-order valence-electron chi connectivity index (χ0n) is 16.6. The highest BCUT2D eigenvalue weighted by Gasteiger charge is 2.30. The Kier molecular flexibility index (Phi) is 5.31. The van der Waals surface area contributed by atoms with Gasteiger partial charge >= 0.3 is 0 Å². The van der Waals surface area contributed by atoms with Gasteiger partial charge in [0.05, 0.1) is 10.8 Å². The molecule has 1 amide bonds. The number of hydrogen-bond acceptors (Lipinski definition) is 4. The van der Waals surface area contributed by atoms with Crippen LogP contribution in [0.4, 0.5) is 0 Å². The molecule has 0 bridgehead atoms. The molecule has 1 aromatic carbocycles. The van der Waals surface area contributed by atoms with Gasteiger partial charge in [-0.2, -0.15) is 0 Å². The second kappa shape index (κ2) is 6.69. The first kappa shape index (κ1) is 19.9. The number of amides is 1. The highest BCUT2D eigenvalue weighted by molar-refractivity contribution is 8.04. The lowest BCUT2D eigenvalue weighted by atomic mass is 9.78. The molecule has 0 aliphatic carbocycles. The molecule has 1 heterocycles. The minimum Gasteiger partial charge on any atom is -0.507 e. The van der Waals surface area contributed by atoms with Crippen LogP contribution < -0.4 is 0 Å². The number of aromatic hydroxyl groups is 1. The Morgan fingerprint density at radius 2 is 1.56 bits per heavy atom. The lowest BCUT2D eigenvalue weighted by Crippen LogP contribution is -2.37. The van der Waals surface area contributed by atoms with E-state index in [9.17, 15) is 9.90 Å². The molecule has 5 heteroatoms. The van der Waals surface area contributed by atoms with E-state index in [1.54, 1.807) is 16.8 Å². The summed E-state index contributed by atoms with van der Waals surface area (Å²) in [5, 5.41) is 14.3. The molecule has 0 atom stereocenters. The molecular formula is C20H30N2O2S. The summed E-state index contributed by atoms with van der Waals surface area (Å²) in [5.41, 5.74) is 2.42. The number of phenols is 1. The SMILES string of the molecule is CN(C)N1CSC(=Cc2cc(C(C)(C)C)c(O)c(C(C)(C)C)c2)C1=O. The van der Waals surface area contributed by atoms with Crippen LogP contribution in [0.2, 0.25) is 0 Å². The second-order valence-electron chi connectivity index (χ2n) is 8.80. The Morgan fingerprint density at radius 1 is 1.08 bits per heavy atom. The van der Waals surface area contributed by atoms with Gasteiger partial charge in [0.1, 0.15) is 5.75 Å². The third kappa shape index (κ3) is 4.21. The standard InChI is InChI=1S/C20H30N2O2S/c1-19(2,3)14-9-13(10-15(17(14)23)20(4,5)6)11-16-18(24)22(12-25-16)21(7)8/h9-11,23H,12H2,1-8H3. The van der Waals surface area contributed by atoms with Gasteiger partial charge in [-0.3, -0.25) is 9.80 Å². The highest BCUT2D eigenvalue weighted by atomic mass is 32.2. The van der Waals surface area contributed by atoms with E-state index in [1.807, 2.05) is 37.3 Å². The van der Waals surface area contributed by atoms with E-state index in [4.69, 9.17) is 0 Å². The first-order valence-electron chi connectivity index (χ1n) is 8.54. The van der Waals surface area contributed by atoms with Crippen molar-refractivity contribution in [1.29, 1.82) is 0 Å². The van der Waals surface area contributed by atoms with Crippen LogP contribution >= 0.6 is 11.8 Å². The minimum absolute atomic E-state index is 0.0256. The van der Waals surface area contributed by atoms with Gasteiger partial charge in [0, 0.05) is 25.2 Å². The normalized spacial score (nSPS) is 17.9. The number of nitrogens with zero attached hydrogens (tertiary/aromatic N) is 2. The number of rotatable bonds is 2. The predicted molar refractivity (Wildman–Crippen MR) is 106 cm³/mol. The molecule has 4 nitrogen and oxygen atoms in total. The van der Waals surface area contributed by atoms with Crippen molar-refractivity contribution in [3.8, 4) is 5.75 Å². The number of phenolic OH excluding ortho intramolecular Hbond substituents is 1. The molecule has 0 aromatic heterocycles. The average Bonchev–Trinajstić information content (AvgIpc) is 2.79. The average molecular weight is 363 g/mol. The quantitative estimate of drug-likeness (QED) is 0.795. The third-order valence-electron chi connectivity index (χ3n) is 4.32. The van der Waals surface area contributed by atoms with E-state index < -0.39 is 0 Å². The maximum Gasteiger partial charge on any atom is 0.275 e. The van der Waals surface area contributed by atoms with Crippen molar-refractivity contribution >= 4 is 23.7 Å². The van der Waals surface area contributed by atoms with Gasteiger partial charge < -0.3 is 5.11 Å². The number of hydrogen-bond donors (Lipinski definition) is 1. The largest absolute Gasteiger partial charge is 0.507 e. The molecule has 0 unspecified atom stereocenters. The monoisotopic (exact) mass is 362 g/mol. The molecule has 0 saturated carbocycles. The Bertz CT molecular complexity index is 674. The van der Waals surface area contributed by atoms with Crippen molar-refractivity contribution < 1.29 is 9.90 Å². The van der Waals surface area contributed by atoms with Gasteiger partial charge in [0.2, 0.25) is 0 Å². The van der Waals surface area contributed by atoms with Crippen LogP contribution in [0.5, 0.6) is 5.75 Å². The molecular weight excluding hydrogens is 332 g/mol. The summed E-state index contributed by atoms with van der Waals surface area (Å²) in [4.78, 5) is 13.3. The Morgan fingerprint density at radius 3 is 1.92 bits per heavy atom. The van der Waals surface area contributed by atoms with Gasteiger partial charge in [-0.25, -0.2) is 5.01 Å². The summed E-state index contributed by atoms with van der Waals surface area (Å²) in [6.07, 6.45) is 1.94. The van der Waals surface area contributed by atoms with Gasteiger partial charge in [-0.1, -0.05) is 53.3 Å². The summed E-state index contributed by atoms with van der Waals surface area (Å²) in [7, 11) is 3.74. The van der Waals surface area contributed by atoms with Crippen molar-refractivity contribution in [2.45, 2.75) is 52.4 Å². The molecule has 0 spiro atoms. The molecule has 25 heavy (non-hydrogen) atoms. The van der Waals surface area contributed by atoms with Crippen LogP contribution in [-0.4, -0.2) is 41.0 Å². The van der Waals surface area contributed by atoms with Gasteiger partial charge in [0.15, 0.2) is 0 Å². The van der Waals surface area contributed by atoms with Crippen LogP contribution in [0.25, 0.3) is 6.08 Å². The number of hydrazine groups is 1. The van der Waals surface area contributed by atoms with Crippen molar-refractivity contribution in [1.82, 2.24) is 10.0 Å². The van der Waals surface area contributed by atoms with E-state index in [0.29, 0.717) is 11.6 Å². The molecule has 1 aliphatic heterocycles. The molecule has 1 aliphatic rings. The zero-order valence-corrected chi connectivity index (χ0v) is 17.4. The molecule has 1 aromatic rings. The van der Waals surface area contributed by atoms with Crippen LogP contribution in [0.3, 0.4) is 0 Å².